The first-order valence-electron chi connectivity index (χ1n) is 6.01. The predicted octanol–water partition coefficient (Wildman–Crippen LogP) is 2.31. The quantitative estimate of drug-likeness (QED) is 0.252. The summed E-state index contributed by atoms with van der Waals surface area (Å²) in [6.07, 6.45) is 1.08. The lowest BCUT2D eigenvalue weighted by atomic mass is 10.3. The zero-order chi connectivity index (χ0) is 14.6. The third-order valence-corrected chi connectivity index (χ3v) is 4.26. The first-order chi connectivity index (χ1) is 8.72. The van der Waals surface area contributed by atoms with Crippen molar-refractivity contribution in [3.8, 4) is 0 Å². The van der Waals surface area contributed by atoms with Gasteiger partial charge in [0.2, 0.25) is 0 Å². The molecule has 0 amide bonds. The van der Waals surface area contributed by atoms with Crippen molar-refractivity contribution in [2.45, 2.75) is 39.3 Å². The number of Topliss-reactive ketones (excluding diaryl/α,β-unsaturated/α-hetero) is 1. The Hall–Kier alpha value is -1.54. The van der Waals surface area contributed by atoms with Crippen LogP contribution in [0.5, 0.6) is 0 Å². The van der Waals surface area contributed by atoms with Crippen LogP contribution in [-0.2, 0) is 11.5 Å². The molecule has 0 aliphatic rings. The highest BCUT2D eigenvalue weighted by molar-refractivity contribution is 6.76. The lowest BCUT2D eigenvalue weighted by Gasteiger charge is -2.15. The molecule has 1 aromatic heterocycles. The Bertz CT molecular complexity index is 479. The highest BCUT2D eigenvalue weighted by Gasteiger charge is 2.24. The molecule has 7 nitrogen and oxygen atoms in total. The number of hydrogen-bond acceptors (Lipinski definition) is 5. The summed E-state index contributed by atoms with van der Waals surface area (Å²) >= 11 is 0. The van der Waals surface area contributed by atoms with Crippen LogP contribution in [0.4, 0.5) is 5.69 Å². The van der Waals surface area contributed by atoms with E-state index in [0.717, 1.165) is 12.2 Å². The van der Waals surface area contributed by atoms with Gasteiger partial charge >= 0.3 is 5.69 Å². The second-order valence-electron chi connectivity index (χ2n) is 5.54. The summed E-state index contributed by atoms with van der Waals surface area (Å²) in [6, 6.07) is 0.992. The van der Waals surface area contributed by atoms with Crippen LogP contribution in [-0.4, -0.2) is 35.2 Å². The third kappa shape index (κ3) is 4.56. The number of aromatic nitrogens is 2. The van der Waals surface area contributed by atoms with Gasteiger partial charge in [-0.25, -0.2) is 4.68 Å². The Morgan fingerprint density at radius 1 is 1.53 bits per heavy atom. The smallest absolute Gasteiger partial charge is 0.318 e. The molecule has 1 rings (SSSR count). The van der Waals surface area contributed by atoms with Crippen molar-refractivity contribution in [3.05, 3.63) is 22.0 Å². The Morgan fingerprint density at radius 3 is 2.63 bits per heavy atom. The number of rotatable bonds is 7. The zero-order valence-corrected chi connectivity index (χ0v) is 12.7. The average Bonchev–Trinajstić information content (AvgIpc) is 2.66. The number of carbonyl (C=O) groups is 1. The van der Waals surface area contributed by atoms with Gasteiger partial charge in [0.1, 0.15) is 12.9 Å². The van der Waals surface area contributed by atoms with E-state index >= 15 is 0 Å². The van der Waals surface area contributed by atoms with Gasteiger partial charge in [0.05, 0.1) is 4.92 Å². The Labute approximate surface area is 112 Å². The molecule has 8 heteroatoms. The van der Waals surface area contributed by atoms with E-state index in [1.165, 1.54) is 11.6 Å². The first kappa shape index (κ1) is 15.5. The van der Waals surface area contributed by atoms with Crippen LogP contribution in [0.1, 0.15) is 17.4 Å². The molecule has 1 heterocycles. The molecule has 0 N–H and O–H groups in total. The van der Waals surface area contributed by atoms with Crippen LogP contribution < -0.4 is 0 Å². The highest BCUT2D eigenvalue weighted by Crippen LogP contribution is 2.18. The lowest BCUT2D eigenvalue weighted by molar-refractivity contribution is -0.385. The number of hydrogen-bond donors (Lipinski definition) is 0. The molecule has 19 heavy (non-hydrogen) atoms. The fourth-order valence-electron chi connectivity index (χ4n) is 1.50. The van der Waals surface area contributed by atoms with Crippen molar-refractivity contribution in [3.63, 3.8) is 0 Å². The molecule has 0 saturated heterocycles. The molecule has 0 unspecified atom stereocenters. The molecule has 0 aliphatic carbocycles. The third-order valence-electron chi connectivity index (χ3n) is 2.56. The predicted molar refractivity (Wildman–Crippen MR) is 73.0 cm³/mol. The molecule has 0 atom stereocenters. The summed E-state index contributed by atoms with van der Waals surface area (Å²) < 4.78 is 6.68. The number of nitro groups is 1. The molecule has 0 radical (unpaired) electrons. The van der Waals surface area contributed by atoms with Gasteiger partial charge < -0.3 is 4.74 Å². The van der Waals surface area contributed by atoms with E-state index in [0.29, 0.717) is 6.61 Å². The van der Waals surface area contributed by atoms with Crippen LogP contribution in [0.2, 0.25) is 25.7 Å². The second kappa shape index (κ2) is 6.07. The maximum absolute atomic E-state index is 11.4. The van der Waals surface area contributed by atoms with Crippen LogP contribution in [0, 0.1) is 10.1 Å². The van der Waals surface area contributed by atoms with Crippen LogP contribution >= 0.6 is 0 Å². The van der Waals surface area contributed by atoms with Crippen LogP contribution in [0.25, 0.3) is 0 Å². The normalized spacial score (nSPS) is 11.6. The molecule has 0 saturated carbocycles. The van der Waals surface area contributed by atoms with E-state index in [9.17, 15) is 14.9 Å². The Morgan fingerprint density at radius 2 is 2.16 bits per heavy atom. The number of nitrogens with zero attached hydrogens (tertiary/aromatic N) is 3. The van der Waals surface area contributed by atoms with Crippen molar-refractivity contribution in [1.29, 1.82) is 0 Å². The lowest BCUT2D eigenvalue weighted by Crippen LogP contribution is -2.22. The van der Waals surface area contributed by atoms with E-state index in [1.807, 2.05) is 0 Å². The summed E-state index contributed by atoms with van der Waals surface area (Å²) in [4.78, 5) is 21.6. The van der Waals surface area contributed by atoms with Gasteiger partial charge in [-0.15, -0.1) is 0 Å². The standard InChI is InChI=1S/C11H19N3O4Si/c1-9(15)11-10(14(16)17)7-12-13(11)8-18-5-6-19(2,3)4/h7H,5-6,8H2,1-4H3. The highest BCUT2D eigenvalue weighted by atomic mass is 28.3. The largest absolute Gasteiger partial charge is 0.360 e. The summed E-state index contributed by atoms with van der Waals surface area (Å²) in [7, 11) is -1.17. The molecule has 0 fully saturated rings. The van der Waals surface area contributed by atoms with Crippen molar-refractivity contribution in [2.75, 3.05) is 6.61 Å². The van der Waals surface area contributed by atoms with Crippen molar-refractivity contribution >= 4 is 19.5 Å². The van der Waals surface area contributed by atoms with E-state index in [1.54, 1.807) is 0 Å². The monoisotopic (exact) mass is 285 g/mol. The van der Waals surface area contributed by atoms with Crippen molar-refractivity contribution < 1.29 is 14.5 Å². The van der Waals surface area contributed by atoms with E-state index < -0.39 is 18.8 Å². The number of carbonyl (C=O) groups excluding carboxylic acids is 1. The van der Waals surface area contributed by atoms with E-state index in [4.69, 9.17) is 4.74 Å². The summed E-state index contributed by atoms with van der Waals surface area (Å²) in [5.74, 6) is -0.391. The molecule has 1 aromatic rings. The average molecular weight is 285 g/mol. The topological polar surface area (TPSA) is 87.3 Å². The zero-order valence-electron chi connectivity index (χ0n) is 11.7. The van der Waals surface area contributed by atoms with Crippen molar-refractivity contribution in [2.24, 2.45) is 0 Å². The van der Waals surface area contributed by atoms with Crippen molar-refractivity contribution in [1.82, 2.24) is 9.78 Å². The second-order valence-corrected chi connectivity index (χ2v) is 11.2. The maximum Gasteiger partial charge on any atom is 0.318 e. The fraction of sp³-hybridized carbons (Fsp3) is 0.636. The van der Waals surface area contributed by atoms with Gasteiger partial charge in [-0.1, -0.05) is 19.6 Å². The first-order valence-corrected chi connectivity index (χ1v) is 9.72. The SMILES string of the molecule is CC(=O)c1c([N+](=O)[O-])cnn1COCC[Si](C)(C)C. The number of ketones is 1. The molecule has 106 valence electrons. The minimum absolute atomic E-state index is 0.0157. The van der Waals surface area contributed by atoms with Gasteiger partial charge in [-0.05, 0) is 6.04 Å². The maximum atomic E-state index is 11.4. The molecule has 0 aromatic carbocycles. The summed E-state index contributed by atoms with van der Waals surface area (Å²) in [5.41, 5.74) is -0.292. The summed E-state index contributed by atoms with van der Waals surface area (Å²) in [5, 5.41) is 14.6. The molecule has 0 spiro atoms. The minimum Gasteiger partial charge on any atom is -0.360 e. The van der Waals surface area contributed by atoms with E-state index in [2.05, 4.69) is 24.7 Å². The number of ether oxygens (including phenoxy) is 1. The van der Waals surface area contributed by atoms with Gasteiger partial charge in [0.25, 0.3) is 0 Å². The molecule has 0 aliphatic heterocycles. The van der Waals surface area contributed by atoms with Gasteiger partial charge in [0, 0.05) is 21.6 Å². The fourth-order valence-corrected chi connectivity index (χ4v) is 2.26. The molecular formula is C11H19N3O4Si. The Kier molecular flexibility index (Phi) is 4.95. The summed E-state index contributed by atoms with van der Waals surface area (Å²) in [6.45, 7) is 8.61. The molecule has 0 bridgehead atoms. The van der Waals surface area contributed by atoms with Crippen LogP contribution in [0.15, 0.2) is 6.20 Å². The van der Waals surface area contributed by atoms with Gasteiger partial charge in [-0.2, -0.15) is 5.10 Å². The van der Waals surface area contributed by atoms with E-state index in [-0.39, 0.29) is 18.1 Å². The van der Waals surface area contributed by atoms with Gasteiger partial charge in [0.15, 0.2) is 11.5 Å². The van der Waals surface area contributed by atoms with Crippen LogP contribution in [0.3, 0.4) is 0 Å². The van der Waals surface area contributed by atoms with Gasteiger partial charge in [-0.3, -0.25) is 14.9 Å². The molecular weight excluding hydrogens is 266 g/mol. The minimum atomic E-state index is -1.17. The Balaban J connectivity index is 2.69.